The molecule has 7 heterocycles. The Balaban J connectivity index is 0.766. The number of nitrogens with zero attached hydrogens (tertiary/aromatic N) is 11. The number of aryl methyl sites for hydroxylation is 7. The number of nitrogens with two attached hydrogens (primary N) is 1. The Kier molecular flexibility index (Phi) is 21.8. The van der Waals surface area contributed by atoms with Gasteiger partial charge in [-0.25, -0.2) is 19.9 Å². The van der Waals surface area contributed by atoms with Gasteiger partial charge in [0.15, 0.2) is 23.3 Å². The second-order valence-electron chi connectivity index (χ2n) is 20.4. The SMILES string of the molecule is Cn1cc(NC(=O)c2nc(NC(=O)CCNC(=O)c3cc(NC(=O)c4nccn4C)cn3C)cn2C)cc1C(=O)NCCCC(=O)Nc1cn(C)c(C(=O)NCCC(=O)Nc2cc(C(=O)Nc3cn(C)c(C(=O)NCCCCCCCN)n3)n(C)c2)n1. The lowest BCUT2D eigenvalue weighted by molar-refractivity contribution is -0.117. The van der Waals surface area contributed by atoms with E-state index in [0.717, 1.165) is 32.1 Å². The molecule has 0 aliphatic rings. The largest absolute Gasteiger partial charge is 0.351 e. The molecule has 7 aromatic rings. The van der Waals surface area contributed by atoms with Crippen molar-refractivity contribution in [3.8, 4) is 0 Å². The predicted molar refractivity (Wildman–Crippen MR) is 319 cm³/mol. The Morgan fingerprint density at radius 2 is 0.759 bits per heavy atom. The molecule has 0 atom stereocenters. The van der Waals surface area contributed by atoms with Crippen molar-refractivity contribution in [2.75, 3.05) is 64.6 Å². The lowest BCUT2D eigenvalue weighted by atomic mass is 10.1. The molecule has 0 unspecified atom stereocenters. The van der Waals surface area contributed by atoms with E-state index in [2.05, 4.69) is 73.1 Å². The van der Waals surface area contributed by atoms with Crippen molar-refractivity contribution < 1.29 is 47.9 Å². The lowest BCUT2D eigenvalue weighted by Crippen LogP contribution is -2.29. The van der Waals surface area contributed by atoms with Crippen molar-refractivity contribution in [1.29, 1.82) is 0 Å². The molecule has 0 aliphatic heterocycles. The lowest BCUT2D eigenvalue weighted by Gasteiger charge is -2.06. The van der Waals surface area contributed by atoms with Crippen molar-refractivity contribution in [2.45, 2.75) is 57.8 Å². The van der Waals surface area contributed by atoms with Crippen LogP contribution in [0.3, 0.4) is 0 Å². The number of unbranched alkanes of at least 4 members (excludes halogenated alkanes) is 4. The van der Waals surface area contributed by atoms with Crippen molar-refractivity contribution >= 4 is 93.6 Å². The quantitative estimate of drug-likeness (QED) is 0.0286. The van der Waals surface area contributed by atoms with Gasteiger partial charge in [0.1, 0.15) is 17.1 Å². The average Bonchev–Trinajstić information content (AvgIpc) is 2.87. The minimum Gasteiger partial charge on any atom is -0.351 e. The van der Waals surface area contributed by atoms with Crippen LogP contribution in [0.15, 0.2) is 67.8 Å². The number of amides is 10. The Labute approximate surface area is 498 Å². The van der Waals surface area contributed by atoms with Crippen LogP contribution in [0.5, 0.6) is 0 Å². The molecule has 0 aromatic carbocycles. The van der Waals surface area contributed by atoms with Gasteiger partial charge < -0.3 is 90.9 Å². The highest BCUT2D eigenvalue weighted by atomic mass is 16.2. The van der Waals surface area contributed by atoms with Gasteiger partial charge in [0.25, 0.3) is 41.4 Å². The molecule has 0 saturated heterocycles. The van der Waals surface area contributed by atoms with Crippen molar-refractivity contribution in [1.82, 2.24) is 73.2 Å². The molecule has 7 rings (SSSR count). The van der Waals surface area contributed by atoms with E-state index in [-0.39, 0.29) is 115 Å². The fourth-order valence-electron chi connectivity index (χ4n) is 8.93. The van der Waals surface area contributed by atoms with Crippen LogP contribution < -0.4 is 58.9 Å². The first-order valence-corrected chi connectivity index (χ1v) is 27.8. The second-order valence-corrected chi connectivity index (χ2v) is 20.4. The van der Waals surface area contributed by atoms with Crippen LogP contribution >= 0.6 is 0 Å². The molecule has 12 N–H and O–H groups in total. The summed E-state index contributed by atoms with van der Waals surface area (Å²) in [6, 6.07) is 4.44. The molecular formula is C55H72N22O10. The van der Waals surface area contributed by atoms with Crippen molar-refractivity contribution in [3.63, 3.8) is 0 Å². The van der Waals surface area contributed by atoms with Gasteiger partial charge in [0, 0.05) is 144 Å². The van der Waals surface area contributed by atoms with Crippen molar-refractivity contribution in [3.05, 3.63) is 108 Å². The van der Waals surface area contributed by atoms with Crippen LogP contribution in [0.1, 0.15) is 132 Å². The first-order valence-electron chi connectivity index (χ1n) is 27.8. The molecule has 0 bridgehead atoms. The molecule has 32 heteroatoms. The highest BCUT2D eigenvalue weighted by Crippen LogP contribution is 2.19. The Hall–Kier alpha value is -10.7. The Morgan fingerprint density at radius 1 is 0.368 bits per heavy atom. The summed E-state index contributed by atoms with van der Waals surface area (Å²) in [6.07, 6.45) is 17.1. The highest BCUT2D eigenvalue weighted by Gasteiger charge is 2.23. The molecule has 462 valence electrons. The van der Waals surface area contributed by atoms with Gasteiger partial charge in [0.2, 0.25) is 35.2 Å². The first kappa shape index (κ1) is 63.9. The maximum atomic E-state index is 13.3. The molecule has 32 nitrogen and oxygen atoms in total. The standard InChI is InChI=1S/C55H72N22O10/c1-71-23-22-57-45(71)54(86)63-34-25-37(73(3)28-34)50(82)60-20-16-44(80)66-40-31-77(7)48(68-40)55(87)64-35-26-36(72(2)29-35)49(81)58-19-13-14-42(78)65-39-30-75(5)47(67-39)53(85)61-21-15-43(79)62-33-24-38(74(4)27-33)51(83)70-41-32-76(6)46(69-41)52(84)59-18-12-10-8-9-11-17-56/h22-32H,8-21,56H2,1-7H3,(H,58,81)(H,59,84)(H,60,82)(H,61,85)(H,62,79)(H,63,86)(H,64,87)(H,65,78)(H,66,80)(H,70,83). The van der Waals surface area contributed by atoms with E-state index in [9.17, 15) is 47.9 Å². The van der Waals surface area contributed by atoms with Gasteiger partial charge in [-0.15, -0.1) is 0 Å². The normalized spacial score (nSPS) is 10.9. The van der Waals surface area contributed by atoms with E-state index in [1.54, 1.807) is 72.5 Å². The zero-order chi connectivity index (χ0) is 62.9. The van der Waals surface area contributed by atoms with Crippen LogP contribution in [0.4, 0.5) is 34.5 Å². The van der Waals surface area contributed by atoms with Crippen LogP contribution in [0.2, 0.25) is 0 Å². The summed E-state index contributed by atoms with van der Waals surface area (Å²) in [5.74, 6) is -4.22. The number of carbonyl (C=O) groups excluding carboxylic acids is 10. The van der Waals surface area contributed by atoms with Crippen LogP contribution in [-0.4, -0.2) is 144 Å². The summed E-state index contributed by atoms with van der Waals surface area (Å²) in [5.41, 5.74) is 7.19. The number of anilines is 6. The number of imidazole rings is 4. The van der Waals surface area contributed by atoms with Crippen LogP contribution in [0.25, 0.3) is 0 Å². The summed E-state index contributed by atoms with van der Waals surface area (Å²) in [7, 11) is 11.3. The third-order valence-corrected chi connectivity index (χ3v) is 13.4. The van der Waals surface area contributed by atoms with Gasteiger partial charge in [-0.2, -0.15) is 0 Å². The minimum atomic E-state index is -0.629. The van der Waals surface area contributed by atoms with E-state index >= 15 is 0 Å². The molecule has 7 aromatic heterocycles. The number of nitrogens with one attached hydrogen (secondary N) is 10. The van der Waals surface area contributed by atoms with E-state index in [0.29, 0.717) is 24.5 Å². The van der Waals surface area contributed by atoms with E-state index < -0.39 is 53.2 Å². The summed E-state index contributed by atoms with van der Waals surface area (Å²) < 4.78 is 10.5. The number of hydrogen-bond acceptors (Lipinski definition) is 15. The van der Waals surface area contributed by atoms with Crippen LogP contribution in [0, 0.1) is 0 Å². The van der Waals surface area contributed by atoms with Gasteiger partial charge in [0.05, 0.1) is 17.1 Å². The Morgan fingerprint density at radius 3 is 1.26 bits per heavy atom. The zero-order valence-corrected chi connectivity index (χ0v) is 49.3. The number of hydrogen-bond donors (Lipinski definition) is 11. The molecular weight excluding hydrogens is 1130 g/mol. The topological polar surface area (TPSA) is 403 Å². The zero-order valence-electron chi connectivity index (χ0n) is 49.3. The fraction of sp³-hybridized carbons (Fsp3) is 0.382. The van der Waals surface area contributed by atoms with E-state index in [4.69, 9.17) is 5.73 Å². The molecule has 0 spiro atoms. The third-order valence-electron chi connectivity index (χ3n) is 13.4. The maximum absolute atomic E-state index is 13.3. The molecule has 0 fully saturated rings. The average molecular weight is 1200 g/mol. The third kappa shape index (κ3) is 17.7. The molecule has 87 heavy (non-hydrogen) atoms. The number of carbonyl (C=O) groups is 10. The van der Waals surface area contributed by atoms with E-state index in [1.807, 2.05) is 0 Å². The van der Waals surface area contributed by atoms with Gasteiger partial charge in [-0.1, -0.05) is 19.3 Å². The summed E-state index contributed by atoms with van der Waals surface area (Å²) in [4.78, 5) is 146. The molecule has 10 amide bonds. The predicted octanol–water partition coefficient (Wildman–Crippen LogP) is 1.70. The Bertz CT molecular complexity index is 3680. The van der Waals surface area contributed by atoms with Gasteiger partial charge >= 0.3 is 0 Å². The van der Waals surface area contributed by atoms with Gasteiger partial charge in [-0.3, -0.25) is 47.9 Å². The first-order chi connectivity index (χ1) is 41.6. The van der Waals surface area contributed by atoms with Crippen LogP contribution in [-0.2, 0) is 63.7 Å². The second kappa shape index (κ2) is 29.7. The monoisotopic (exact) mass is 1200 g/mol. The number of rotatable bonds is 30. The molecule has 0 aliphatic carbocycles. The number of aromatic nitrogens is 11. The fourth-order valence-corrected chi connectivity index (χ4v) is 8.93. The molecule has 0 radical (unpaired) electrons. The highest BCUT2D eigenvalue weighted by molar-refractivity contribution is 6.06. The van der Waals surface area contributed by atoms with E-state index in [1.165, 1.54) is 76.6 Å². The molecule has 0 saturated carbocycles. The summed E-state index contributed by atoms with van der Waals surface area (Å²) >= 11 is 0. The van der Waals surface area contributed by atoms with Crippen molar-refractivity contribution in [2.24, 2.45) is 55.1 Å². The summed E-state index contributed by atoms with van der Waals surface area (Å²) in [5, 5.41) is 26.9. The smallest absolute Gasteiger partial charge is 0.291 e. The van der Waals surface area contributed by atoms with Gasteiger partial charge in [-0.05, 0) is 44.0 Å². The minimum absolute atomic E-state index is 0.00693. The maximum Gasteiger partial charge on any atom is 0.291 e. The summed E-state index contributed by atoms with van der Waals surface area (Å²) in [6.45, 7) is 1.20.